The Bertz CT molecular complexity index is 842. The van der Waals surface area contributed by atoms with Gasteiger partial charge in [-0.05, 0) is 36.6 Å². The summed E-state index contributed by atoms with van der Waals surface area (Å²) in [7, 11) is 1.62. The van der Waals surface area contributed by atoms with Gasteiger partial charge in [0, 0.05) is 28.4 Å². The van der Waals surface area contributed by atoms with Gasteiger partial charge in [-0.25, -0.2) is 4.98 Å². The van der Waals surface area contributed by atoms with Gasteiger partial charge in [0.15, 0.2) is 0 Å². The van der Waals surface area contributed by atoms with Crippen molar-refractivity contribution in [3.63, 3.8) is 0 Å². The quantitative estimate of drug-likeness (QED) is 0.687. The molecule has 0 saturated heterocycles. The van der Waals surface area contributed by atoms with Crippen LogP contribution < -0.4 is 10.5 Å². The number of methoxy groups -OCH3 is 1. The van der Waals surface area contributed by atoms with E-state index in [4.69, 9.17) is 15.5 Å². The number of nitrogens with zero attached hydrogens (tertiary/aromatic N) is 2. The molecule has 0 aliphatic rings. The molecule has 3 rings (SSSR count). The van der Waals surface area contributed by atoms with Gasteiger partial charge in [-0.3, -0.25) is 4.98 Å². The van der Waals surface area contributed by atoms with E-state index in [0.717, 1.165) is 33.9 Å². The molecule has 0 radical (unpaired) electrons. The Kier molecular flexibility index (Phi) is 4.81. The van der Waals surface area contributed by atoms with E-state index in [-0.39, 0.29) is 0 Å². The molecule has 0 aliphatic heterocycles. The first-order chi connectivity index (χ1) is 11.6. The summed E-state index contributed by atoms with van der Waals surface area (Å²) in [6.45, 7) is 4.40. The van der Waals surface area contributed by atoms with Crippen LogP contribution in [0.15, 0.2) is 41.9 Å². The monoisotopic (exact) mass is 339 g/mol. The van der Waals surface area contributed by atoms with Crippen LogP contribution in [0, 0.1) is 5.92 Å². The van der Waals surface area contributed by atoms with Gasteiger partial charge < -0.3 is 10.5 Å². The Hall–Kier alpha value is -2.40. The van der Waals surface area contributed by atoms with Crippen molar-refractivity contribution in [1.82, 2.24) is 9.97 Å². The minimum atomic E-state index is 0.585. The second-order valence-corrected chi connectivity index (χ2v) is 6.99. The highest BCUT2D eigenvalue weighted by molar-refractivity contribution is 7.13. The minimum absolute atomic E-state index is 0.585. The summed E-state index contributed by atoms with van der Waals surface area (Å²) in [5.74, 6) is 1.26. The number of rotatable bonds is 5. The number of nitrogens with two attached hydrogens (primary N) is 1. The molecule has 0 unspecified atom stereocenters. The van der Waals surface area contributed by atoms with Gasteiger partial charge in [0.25, 0.3) is 0 Å². The van der Waals surface area contributed by atoms with Crippen molar-refractivity contribution in [2.75, 3.05) is 12.8 Å². The van der Waals surface area contributed by atoms with Gasteiger partial charge in [-0.1, -0.05) is 19.9 Å². The molecule has 0 aliphatic carbocycles. The van der Waals surface area contributed by atoms with Gasteiger partial charge in [-0.15, -0.1) is 11.3 Å². The fraction of sp³-hybridized carbons (Fsp3) is 0.263. The lowest BCUT2D eigenvalue weighted by Gasteiger charge is -2.06. The number of hydrogen-bond donors (Lipinski definition) is 1. The topological polar surface area (TPSA) is 61.0 Å². The van der Waals surface area contributed by atoms with Crippen molar-refractivity contribution in [3.8, 4) is 27.6 Å². The highest BCUT2D eigenvalue weighted by atomic mass is 32.1. The van der Waals surface area contributed by atoms with E-state index < -0.39 is 0 Å². The summed E-state index contributed by atoms with van der Waals surface area (Å²) in [6, 6.07) is 9.88. The first-order valence-corrected chi connectivity index (χ1v) is 8.79. The Labute approximate surface area is 146 Å². The zero-order valence-electron chi connectivity index (χ0n) is 14.1. The van der Waals surface area contributed by atoms with Crippen molar-refractivity contribution in [3.05, 3.63) is 47.6 Å². The molecule has 5 heteroatoms. The zero-order valence-corrected chi connectivity index (χ0v) is 14.9. The minimum Gasteiger partial charge on any atom is -0.495 e. The first-order valence-electron chi connectivity index (χ1n) is 7.91. The Balaban J connectivity index is 1.91. The molecule has 0 fully saturated rings. The van der Waals surface area contributed by atoms with Crippen molar-refractivity contribution in [1.29, 1.82) is 0 Å². The van der Waals surface area contributed by atoms with Crippen LogP contribution in [0.2, 0.25) is 0 Å². The number of benzene rings is 1. The number of nitrogen functional groups attached to an aromatic ring is 1. The van der Waals surface area contributed by atoms with Crippen LogP contribution in [0.25, 0.3) is 21.8 Å². The normalized spacial score (nSPS) is 11.0. The number of ether oxygens (including phenoxy) is 1. The summed E-state index contributed by atoms with van der Waals surface area (Å²) < 4.78 is 5.29. The predicted octanol–water partition coefficient (Wildman–Crippen LogP) is 4.66. The van der Waals surface area contributed by atoms with E-state index in [9.17, 15) is 0 Å². The maximum Gasteiger partial charge on any atom is 0.142 e. The van der Waals surface area contributed by atoms with Crippen LogP contribution in [0.1, 0.15) is 19.5 Å². The van der Waals surface area contributed by atoms with Gasteiger partial charge in [0.05, 0.1) is 18.5 Å². The lowest BCUT2D eigenvalue weighted by atomic mass is 10.1. The summed E-state index contributed by atoms with van der Waals surface area (Å²) in [4.78, 5) is 9.22. The average molecular weight is 339 g/mol. The molecule has 0 amide bonds. The fourth-order valence-electron chi connectivity index (χ4n) is 2.55. The highest BCUT2D eigenvalue weighted by Crippen LogP contribution is 2.32. The largest absolute Gasteiger partial charge is 0.495 e. The molecular weight excluding hydrogens is 318 g/mol. The summed E-state index contributed by atoms with van der Waals surface area (Å²) in [6.07, 6.45) is 2.83. The lowest BCUT2D eigenvalue weighted by Crippen LogP contribution is -1.97. The summed E-state index contributed by atoms with van der Waals surface area (Å²) >= 11 is 1.63. The second kappa shape index (κ2) is 7.01. The zero-order chi connectivity index (χ0) is 17.1. The predicted molar refractivity (Wildman–Crippen MR) is 100 cm³/mol. The Morgan fingerprint density at radius 3 is 2.75 bits per heavy atom. The van der Waals surface area contributed by atoms with Crippen LogP contribution in [0.3, 0.4) is 0 Å². The van der Waals surface area contributed by atoms with Crippen molar-refractivity contribution >= 4 is 17.0 Å². The molecule has 2 aromatic heterocycles. The Morgan fingerprint density at radius 2 is 2.00 bits per heavy atom. The maximum absolute atomic E-state index is 5.88. The van der Waals surface area contributed by atoms with E-state index in [0.29, 0.717) is 17.4 Å². The third kappa shape index (κ3) is 3.57. The maximum atomic E-state index is 5.88. The van der Waals surface area contributed by atoms with E-state index in [1.54, 1.807) is 18.4 Å². The van der Waals surface area contributed by atoms with Gasteiger partial charge >= 0.3 is 0 Å². The van der Waals surface area contributed by atoms with Gasteiger partial charge in [-0.2, -0.15) is 0 Å². The lowest BCUT2D eigenvalue weighted by molar-refractivity contribution is 0.417. The third-order valence-corrected chi connectivity index (χ3v) is 4.61. The molecule has 2 N–H and O–H groups in total. The first kappa shape index (κ1) is 16.5. The average Bonchev–Trinajstić information content (AvgIpc) is 3.05. The SMILES string of the molecule is COc1cc(-c2csc(-c3ccnc(CC(C)C)c3)n2)ccc1N. The van der Waals surface area contributed by atoms with Crippen molar-refractivity contribution in [2.24, 2.45) is 5.92 Å². The molecule has 4 nitrogen and oxygen atoms in total. The number of pyridine rings is 1. The van der Waals surface area contributed by atoms with E-state index in [1.165, 1.54) is 0 Å². The molecule has 24 heavy (non-hydrogen) atoms. The number of aromatic nitrogens is 2. The van der Waals surface area contributed by atoms with Crippen LogP contribution in [0.5, 0.6) is 5.75 Å². The second-order valence-electron chi connectivity index (χ2n) is 6.13. The molecule has 3 aromatic rings. The summed E-state index contributed by atoms with van der Waals surface area (Å²) in [5.41, 5.74) is 10.7. The van der Waals surface area contributed by atoms with E-state index >= 15 is 0 Å². The standard InChI is InChI=1S/C19H21N3OS/c1-12(2)8-15-9-14(6-7-21-15)19-22-17(11-24-19)13-4-5-16(20)18(10-13)23-3/h4-7,9-12H,8,20H2,1-3H3. The van der Waals surface area contributed by atoms with Crippen molar-refractivity contribution in [2.45, 2.75) is 20.3 Å². The molecule has 0 saturated carbocycles. The number of thiazole rings is 1. The molecule has 0 spiro atoms. The number of hydrogen-bond acceptors (Lipinski definition) is 5. The fourth-order valence-corrected chi connectivity index (χ4v) is 3.38. The molecule has 1 aromatic carbocycles. The Morgan fingerprint density at radius 1 is 1.17 bits per heavy atom. The van der Waals surface area contributed by atoms with Crippen LogP contribution in [-0.4, -0.2) is 17.1 Å². The molecule has 0 atom stereocenters. The molecule has 0 bridgehead atoms. The highest BCUT2D eigenvalue weighted by Gasteiger charge is 2.10. The van der Waals surface area contributed by atoms with Gasteiger partial charge in [0.2, 0.25) is 0 Å². The van der Waals surface area contributed by atoms with E-state index in [2.05, 4.69) is 30.3 Å². The van der Waals surface area contributed by atoms with Crippen molar-refractivity contribution < 1.29 is 4.74 Å². The molecule has 2 heterocycles. The third-order valence-electron chi connectivity index (χ3n) is 3.71. The molecule has 124 valence electrons. The smallest absolute Gasteiger partial charge is 0.142 e. The summed E-state index contributed by atoms with van der Waals surface area (Å²) in [5, 5.41) is 3.05. The van der Waals surface area contributed by atoms with Crippen LogP contribution >= 0.6 is 11.3 Å². The van der Waals surface area contributed by atoms with Gasteiger partial charge in [0.1, 0.15) is 10.8 Å². The molecular formula is C19H21N3OS. The van der Waals surface area contributed by atoms with Crippen LogP contribution in [-0.2, 0) is 6.42 Å². The van der Waals surface area contributed by atoms with E-state index in [1.807, 2.05) is 30.5 Å². The van der Waals surface area contributed by atoms with Crippen LogP contribution in [0.4, 0.5) is 5.69 Å². The number of anilines is 1.